The molecule has 0 atom stereocenters. The molecule has 2 rings (SSSR count). The van der Waals surface area contributed by atoms with E-state index in [0.29, 0.717) is 0 Å². The summed E-state index contributed by atoms with van der Waals surface area (Å²) in [5.41, 5.74) is 0. The highest BCUT2D eigenvalue weighted by Gasteiger charge is 2.11. The maximum atomic E-state index is 4.16. The number of thioether (sulfide) groups is 1. The van der Waals surface area contributed by atoms with E-state index in [2.05, 4.69) is 20.1 Å². The summed E-state index contributed by atoms with van der Waals surface area (Å²) in [4.78, 5) is 0. The van der Waals surface area contributed by atoms with E-state index in [9.17, 15) is 0 Å². The number of rotatable bonds is 6. The van der Waals surface area contributed by atoms with Crippen molar-refractivity contribution in [3.05, 3.63) is 5.82 Å². The van der Waals surface area contributed by atoms with Crippen molar-refractivity contribution < 1.29 is 0 Å². The van der Waals surface area contributed by atoms with Crippen LogP contribution in [0.2, 0.25) is 0 Å². The lowest BCUT2D eigenvalue weighted by Crippen LogP contribution is -2.31. The quantitative estimate of drug-likeness (QED) is 0.636. The van der Waals surface area contributed by atoms with E-state index >= 15 is 0 Å². The molecule has 0 radical (unpaired) electrons. The van der Waals surface area contributed by atoms with Crippen molar-refractivity contribution in [2.24, 2.45) is 7.05 Å². The zero-order chi connectivity index (χ0) is 12.8. The van der Waals surface area contributed by atoms with Gasteiger partial charge < -0.3 is 9.88 Å². The molecule has 1 saturated carbocycles. The highest BCUT2D eigenvalue weighted by molar-refractivity contribution is 7.99. The highest BCUT2D eigenvalue weighted by atomic mass is 32.2. The van der Waals surface area contributed by atoms with Gasteiger partial charge in [-0.25, -0.2) is 0 Å². The van der Waals surface area contributed by atoms with Gasteiger partial charge in [0.15, 0.2) is 5.16 Å². The number of nitrogens with one attached hydrogen (secondary N) is 1. The molecule has 1 aromatic heterocycles. The van der Waals surface area contributed by atoms with Gasteiger partial charge in [0.1, 0.15) is 5.82 Å². The summed E-state index contributed by atoms with van der Waals surface area (Å²) in [7, 11) is 2.03. The molecule has 0 unspecified atom stereocenters. The van der Waals surface area contributed by atoms with E-state index < -0.39 is 0 Å². The Labute approximate surface area is 114 Å². The summed E-state index contributed by atoms with van der Waals surface area (Å²) in [6.45, 7) is 3.12. The molecule has 0 aliphatic heterocycles. The van der Waals surface area contributed by atoms with E-state index in [1.807, 2.05) is 14.0 Å². The van der Waals surface area contributed by atoms with Gasteiger partial charge in [-0.05, 0) is 32.7 Å². The molecule has 0 saturated heterocycles. The molecular formula is C13H24N4S. The molecule has 1 aliphatic carbocycles. The second-order valence-electron chi connectivity index (χ2n) is 5.08. The molecule has 1 aliphatic rings. The topological polar surface area (TPSA) is 42.7 Å². The standard InChI is InChI=1S/C13H24N4S/c1-11-15-16-13(17(11)2)18-10-6-9-14-12-7-4-3-5-8-12/h12,14H,3-10H2,1-2H3. The van der Waals surface area contributed by atoms with Gasteiger partial charge >= 0.3 is 0 Å². The van der Waals surface area contributed by atoms with E-state index in [-0.39, 0.29) is 0 Å². The maximum absolute atomic E-state index is 4.16. The van der Waals surface area contributed by atoms with Gasteiger partial charge in [-0.15, -0.1) is 10.2 Å². The lowest BCUT2D eigenvalue weighted by Gasteiger charge is -2.22. The number of nitrogens with zero attached hydrogens (tertiary/aromatic N) is 3. The summed E-state index contributed by atoms with van der Waals surface area (Å²) in [6.07, 6.45) is 8.19. The van der Waals surface area contributed by atoms with E-state index in [4.69, 9.17) is 0 Å². The molecule has 0 bridgehead atoms. The lowest BCUT2D eigenvalue weighted by molar-refractivity contribution is 0.375. The van der Waals surface area contributed by atoms with Gasteiger partial charge in [0.25, 0.3) is 0 Å². The van der Waals surface area contributed by atoms with Gasteiger partial charge in [0.2, 0.25) is 0 Å². The number of aryl methyl sites for hydroxylation is 1. The Morgan fingerprint density at radius 3 is 2.72 bits per heavy atom. The summed E-state index contributed by atoms with van der Waals surface area (Å²) in [6, 6.07) is 0.779. The van der Waals surface area contributed by atoms with Gasteiger partial charge in [0, 0.05) is 18.8 Å². The first-order valence-electron chi connectivity index (χ1n) is 6.99. The minimum atomic E-state index is 0.779. The monoisotopic (exact) mass is 268 g/mol. The van der Waals surface area contributed by atoms with Crippen molar-refractivity contribution in [1.82, 2.24) is 20.1 Å². The molecule has 1 aromatic rings. The Balaban J connectivity index is 1.57. The smallest absolute Gasteiger partial charge is 0.190 e. The summed E-state index contributed by atoms with van der Waals surface area (Å²) in [5, 5.41) is 12.9. The Kier molecular flexibility index (Phi) is 5.50. The van der Waals surface area contributed by atoms with Gasteiger partial charge in [-0.1, -0.05) is 31.0 Å². The van der Waals surface area contributed by atoms with Crippen LogP contribution in [0, 0.1) is 6.92 Å². The first-order chi connectivity index (χ1) is 8.77. The molecule has 0 aromatic carbocycles. The third-order valence-electron chi connectivity index (χ3n) is 3.64. The van der Waals surface area contributed by atoms with Crippen LogP contribution in [0.25, 0.3) is 0 Å². The maximum Gasteiger partial charge on any atom is 0.190 e. The lowest BCUT2D eigenvalue weighted by atomic mass is 9.95. The molecule has 4 nitrogen and oxygen atoms in total. The Morgan fingerprint density at radius 2 is 2.06 bits per heavy atom. The van der Waals surface area contributed by atoms with Crippen LogP contribution in [0.1, 0.15) is 44.3 Å². The molecule has 1 N–H and O–H groups in total. The zero-order valence-electron chi connectivity index (χ0n) is 11.5. The first kappa shape index (κ1) is 13.9. The molecule has 0 spiro atoms. The largest absolute Gasteiger partial charge is 0.314 e. The van der Waals surface area contributed by atoms with Crippen LogP contribution in [-0.4, -0.2) is 33.1 Å². The second-order valence-corrected chi connectivity index (χ2v) is 6.14. The second kappa shape index (κ2) is 7.14. The third-order valence-corrected chi connectivity index (χ3v) is 4.75. The van der Waals surface area contributed by atoms with Crippen LogP contribution in [0.4, 0.5) is 0 Å². The van der Waals surface area contributed by atoms with Crippen molar-refractivity contribution in [3.8, 4) is 0 Å². The van der Waals surface area contributed by atoms with Gasteiger partial charge in [-0.2, -0.15) is 0 Å². The fraction of sp³-hybridized carbons (Fsp3) is 0.846. The zero-order valence-corrected chi connectivity index (χ0v) is 12.3. The highest BCUT2D eigenvalue weighted by Crippen LogP contribution is 2.18. The van der Waals surface area contributed by atoms with Crippen LogP contribution >= 0.6 is 11.8 Å². The van der Waals surface area contributed by atoms with E-state index in [0.717, 1.165) is 29.3 Å². The minimum absolute atomic E-state index is 0.779. The molecule has 0 amide bonds. The SMILES string of the molecule is Cc1nnc(SCCCNC2CCCCC2)n1C. The Hall–Kier alpha value is -0.550. The van der Waals surface area contributed by atoms with Crippen molar-refractivity contribution in [3.63, 3.8) is 0 Å². The van der Waals surface area contributed by atoms with Crippen LogP contribution in [0.3, 0.4) is 0 Å². The number of hydrogen-bond donors (Lipinski definition) is 1. The summed E-state index contributed by atoms with van der Waals surface area (Å²) < 4.78 is 2.05. The first-order valence-corrected chi connectivity index (χ1v) is 7.98. The normalized spacial score (nSPS) is 17.2. The Morgan fingerprint density at radius 1 is 1.28 bits per heavy atom. The predicted octanol–water partition coefficient (Wildman–Crippen LogP) is 2.53. The Bertz CT molecular complexity index is 358. The van der Waals surface area contributed by atoms with Crippen LogP contribution in [0.5, 0.6) is 0 Å². The van der Waals surface area contributed by atoms with Gasteiger partial charge in [-0.3, -0.25) is 0 Å². The minimum Gasteiger partial charge on any atom is -0.314 e. The van der Waals surface area contributed by atoms with E-state index in [1.165, 1.54) is 38.5 Å². The van der Waals surface area contributed by atoms with Crippen molar-refractivity contribution >= 4 is 11.8 Å². The average Bonchev–Trinajstić information content (AvgIpc) is 2.71. The average molecular weight is 268 g/mol. The predicted molar refractivity (Wildman–Crippen MR) is 76.0 cm³/mol. The van der Waals surface area contributed by atoms with Crippen molar-refractivity contribution in [2.45, 2.75) is 56.6 Å². The van der Waals surface area contributed by atoms with E-state index in [1.54, 1.807) is 11.8 Å². The van der Waals surface area contributed by atoms with Gasteiger partial charge in [0.05, 0.1) is 0 Å². The molecule has 1 fully saturated rings. The fourth-order valence-corrected chi connectivity index (χ4v) is 3.26. The fourth-order valence-electron chi connectivity index (χ4n) is 2.36. The molecule has 102 valence electrons. The van der Waals surface area contributed by atoms with Crippen molar-refractivity contribution in [2.75, 3.05) is 12.3 Å². The van der Waals surface area contributed by atoms with Crippen molar-refractivity contribution in [1.29, 1.82) is 0 Å². The third kappa shape index (κ3) is 3.99. The molecule has 1 heterocycles. The number of hydrogen-bond acceptors (Lipinski definition) is 4. The summed E-state index contributed by atoms with van der Waals surface area (Å²) >= 11 is 1.80. The molecular weight excluding hydrogens is 244 g/mol. The van der Waals surface area contributed by atoms with Crippen LogP contribution in [0.15, 0.2) is 5.16 Å². The van der Waals surface area contributed by atoms with Crippen LogP contribution < -0.4 is 5.32 Å². The number of aromatic nitrogens is 3. The van der Waals surface area contributed by atoms with Crippen LogP contribution in [-0.2, 0) is 7.05 Å². The molecule has 18 heavy (non-hydrogen) atoms. The summed E-state index contributed by atoms with van der Waals surface area (Å²) in [5.74, 6) is 2.10. The molecule has 5 heteroatoms.